The highest BCUT2D eigenvalue weighted by molar-refractivity contribution is 5.43. The number of nitroso groups, excluding NO2 is 1. The lowest BCUT2D eigenvalue weighted by Gasteiger charge is -2.37. The fraction of sp³-hybridized carbons (Fsp3) is 0.333. The van der Waals surface area contributed by atoms with Crippen LogP contribution in [0.15, 0.2) is 59.9 Å². The molecule has 0 bridgehead atoms. The first kappa shape index (κ1) is 13.5. The zero-order valence-electron chi connectivity index (χ0n) is 12.3. The zero-order valence-corrected chi connectivity index (χ0v) is 12.3. The Morgan fingerprint density at radius 3 is 2.41 bits per heavy atom. The van der Waals surface area contributed by atoms with E-state index in [-0.39, 0.29) is 11.7 Å². The third kappa shape index (κ3) is 2.03. The van der Waals surface area contributed by atoms with E-state index < -0.39 is 0 Å². The lowest BCUT2D eigenvalue weighted by atomic mass is 9.83. The molecule has 4 rings (SSSR count). The van der Waals surface area contributed by atoms with Crippen molar-refractivity contribution in [2.75, 3.05) is 13.1 Å². The summed E-state index contributed by atoms with van der Waals surface area (Å²) in [6, 6.07) is 18.8. The van der Waals surface area contributed by atoms with Gasteiger partial charge in [0.1, 0.15) is 6.10 Å². The van der Waals surface area contributed by atoms with E-state index in [1.807, 2.05) is 18.2 Å². The molecule has 0 N–H and O–H groups in total. The van der Waals surface area contributed by atoms with Gasteiger partial charge in [-0.15, -0.1) is 4.91 Å². The summed E-state index contributed by atoms with van der Waals surface area (Å²) in [6.45, 7) is 1.30. The van der Waals surface area contributed by atoms with Crippen LogP contribution in [0.4, 0.5) is 0 Å². The summed E-state index contributed by atoms with van der Waals surface area (Å²) >= 11 is 0. The first-order valence-electron chi connectivity index (χ1n) is 7.73. The van der Waals surface area contributed by atoms with E-state index in [9.17, 15) is 4.91 Å². The van der Waals surface area contributed by atoms with E-state index in [1.54, 1.807) is 5.01 Å². The van der Waals surface area contributed by atoms with Crippen molar-refractivity contribution in [2.45, 2.75) is 24.5 Å². The average molecular weight is 294 g/mol. The van der Waals surface area contributed by atoms with Gasteiger partial charge in [-0.2, -0.15) is 0 Å². The van der Waals surface area contributed by atoms with Crippen molar-refractivity contribution in [3.63, 3.8) is 0 Å². The second-order valence-corrected chi connectivity index (χ2v) is 6.03. The van der Waals surface area contributed by atoms with Gasteiger partial charge in [0.25, 0.3) is 0 Å². The molecule has 0 amide bonds. The van der Waals surface area contributed by atoms with Crippen LogP contribution < -0.4 is 0 Å². The lowest BCUT2D eigenvalue weighted by Crippen LogP contribution is -2.40. The number of fused-ring (bicyclic) bond motifs is 2. The van der Waals surface area contributed by atoms with Gasteiger partial charge in [0, 0.05) is 25.9 Å². The Hall–Kier alpha value is -2.20. The van der Waals surface area contributed by atoms with Gasteiger partial charge in [0.05, 0.1) is 10.9 Å². The van der Waals surface area contributed by atoms with Crippen LogP contribution in [0.3, 0.4) is 0 Å². The maximum atomic E-state index is 10.7. The molecule has 112 valence electrons. The molecule has 0 aliphatic carbocycles. The monoisotopic (exact) mass is 294 g/mol. The number of benzene rings is 2. The first-order valence-corrected chi connectivity index (χ1v) is 7.73. The fourth-order valence-electron chi connectivity index (χ4n) is 3.69. The summed E-state index contributed by atoms with van der Waals surface area (Å²) < 4.78 is 6.57. The Balaban J connectivity index is 1.73. The molecule has 4 nitrogen and oxygen atoms in total. The Labute approximate surface area is 129 Å². The Bertz CT molecular complexity index is 678. The van der Waals surface area contributed by atoms with Gasteiger partial charge in [0.2, 0.25) is 0 Å². The Morgan fingerprint density at radius 1 is 1.00 bits per heavy atom. The molecule has 2 heterocycles. The van der Waals surface area contributed by atoms with Gasteiger partial charge in [-0.25, -0.2) is 0 Å². The topological polar surface area (TPSA) is 41.9 Å². The van der Waals surface area contributed by atoms with E-state index in [0.29, 0.717) is 13.1 Å². The molecule has 0 saturated carbocycles. The molecule has 0 aromatic heterocycles. The second-order valence-electron chi connectivity index (χ2n) is 6.03. The predicted octanol–water partition coefficient (Wildman–Crippen LogP) is 3.78. The summed E-state index contributed by atoms with van der Waals surface area (Å²) in [5, 5.41) is 4.65. The normalized spacial score (nSPS) is 22.5. The van der Waals surface area contributed by atoms with Crippen LogP contribution in [-0.4, -0.2) is 18.1 Å². The molecule has 4 heteroatoms. The van der Waals surface area contributed by atoms with Crippen molar-refractivity contribution in [3.8, 4) is 0 Å². The van der Waals surface area contributed by atoms with Crippen LogP contribution in [0.5, 0.6) is 0 Å². The largest absolute Gasteiger partial charge is 0.357 e. The van der Waals surface area contributed by atoms with Crippen molar-refractivity contribution in [3.05, 3.63) is 76.2 Å². The highest BCUT2D eigenvalue weighted by atomic mass is 16.5. The summed E-state index contributed by atoms with van der Waals surface area (Å²) in [7, 11) is 0. The van der Waals surface area contributed by atoms with Gasteiger partial charge < -0.3 is 4.74 Å². The molecular formula is C18H18N2O2. The highest BCUT2D eigenvalue weighted by Crippen LogP contribution is 2.51. The van der Waals surface area contributed by atoms with Crippen molar-refractivity contribution in [2.24, 2.45) is 5.29 Å². The summed E-state index contributed by atoms with van der Waals surface area (Å²) in [4.78, 5) is 10.7. The minimum atomic E-state index is -0.279. The van der Waals surface area contributed by atoms with Gasteiger partial charge in [0.15, 0.2) is 0 Å². The van der Waals surface area contributed by atoms with Crippen molar-refractivity contribution in [1.82, 2.24) is 5.01 Å². The van der Waals surface area contributed by atoms with E-state index in [0.717, 1.165) is 12.8 Å². The zero-order chi connectivity index (χ0) is 15.0. The highest BCUT2D eigenvalue weighted by Gasteiger charge is 2.47. The minimum absolute atomic E-state index is 0.0202. The molecule has 22 heavy (non-hydrogen) atoms. The quantitative estimate of drug-likeness (QED) is 0.792. The van der Waals surface area contributed by atoms with Gasteiger partial charge >= 0.3 is 0 Å². The smallest absolute Gasteiger partial charge is 0.109 e. The number of nitrogens with zero attached hydrogens (tertiary/aromatic N) is 2. The lowest BCUT2D eigenvalue weighted by molar-refractivity contribution is -0.0969. The predicted molar refractivity (Wildman–Crippen MR) is 84.1 cm³/mol. The SMILES string of the molecule is O=NN1CCC2(CC1)O[C@H](c1ccccc1)c1ccccc12. The molecule has 0 unspecified atom stereocenters. The van der Waals surface area contributed by atoms with Gasteiger partial charge in [-0.05, 0) is 16.7 Å². The molecule has 1 atom stereocenters. The Kier molecular flexibility index (Phi) is 3.19. The van der Waals surface area contributed by atoms with Crippen LogP contribution >= 0.6 is 0 Å². The van der Waals surface area contributed by atoms with E-state index in [2.05, 4.69) is 41.7 Å². The third-order valence-electron chi connectivity index (χ3n) is 4.84. The molecular weight excluding hydrogens is 276 g/mol. The minimum Gasteiger partial charge on any atom is -0.357 e. The van der Waals surface area contributed by atoms with Crippen LogP contribution in [0.1, 0.15) is 35.6 Å². The molecule has 1 spiro atoms. The van der Waals surface area contributed by atoms with Crippen LogP contribution in [0, 0.1) is 4.91 Å². The molecule has 2 aromatic carbocycles. The van der Waals surface area contributed by atoms with Crippen LogP contribution in [-0.2, 0) is 10.3 Å². The number of ether oxygens (including phenoxy) is 1. The van der Waals surface area contributed by atoms with Crippen molar-refractivity contribution in [1.29, 1.82) is 0 Å². The first-order chi connectivity index (χ1) is 10.8. The number of piperidine rings is 1. The Morgan fingerprint density at radius 2 is 1.68 bits per heavy atom. The molecule has 2 aliphatic rings. The van der Waals surface area contributed by atoms with E-state index >= 15 is 0 Å². The number of rotatable bonds is 2. The summed E-state index contributed by atoms with van der Waals surface area (Å²) in [5.41, 5.74) is 3.43. The van der Waals surface area contributed by atoms with E-state index in [1.165, 1.54) is 16.7 Å². The van der Waals surface area contributed by atoms with Crippen molar-refractivity contribution < 1.29 is 4.74 Å². The fourth-order valence-corrected chi connectivity index (χ4v) is 3.69. The van der Waals surface area contributed by atoms with Gasteiger partial charge in [-0.3, -0.25) is 5.01 Å². The summed E-state index contributed by atoms with van der Waals surface area (Å²) in [6.07, 6.45) is 1.59. The molecule has 0 radical (unpaired) electrons. The maximum Gasteiger partial charge on any atom is 0.109 e. The van der Waals surface area contributed by atoms with E-state index in [4.69, 9.17) is 4.74 Å². The average Bonchev–Trinajstić information content (AvgIpc) is 2.91. The van der Waals surface area contributed by atoms with Crippen LogP contribution in [0.25, 0.3) is 0 Å². The third-order valence-corrected chi connectivity index (χ3v) is 4.84. The molecule has 2 aliphatic heterocycles. The maximum absolute atomic E-state index is 10.7. The van der Waals surface area contributed by atoms with Gasteiger partial charge in [-0.1, -0.05) is 54.6 Å². The summed E-state index contributed by atoms with van der Waals surface area (Å²) in [5.74, 6) is 0. The second kappa shape index (κ2) is 5.21. The van der Waals surface area contributed by atoms with Crippen LogP contribution in [0.2, 0.25) is 0 Å². The molecule has 1 saturated heterocycles. The molecule has 1 fully saturated rings. The number of hydrogen-bond acceptors (Lipinski definition) is 3. The molecule has 2 aromatic rings. The number of hydrogen-bond donors (Lipinski definition) is 0. The van der Waals surface area contributed by atoms with Crippen molar-refractivity contribution >= 4 is 0 Å². The standard InChI is InChI=1S/C18H18N2O2/c21-19-20-12-10-18(11-13-20)16-9-5-4-8-15(16)17(22-18)14-6-2-1-3-7-14/h1-9,17H,10-13H2/t17-/m1/s1.